The molecule has 0 saturated carbocycles. The summed E-state index contributed by atoms with van der Waals surface area (Å²) in [7, 11) is 5.06. The zero-order chi connectivity index (χ0) is 17.7. The number of aromatic nitrogens is 1. The Morgan fingerprint density at radius 1 is 1.21 bits per heavy atom. The Morgan fingerprint density at radius 2 is 1.96 bits per heavy atom. The number of ether oxygens (including phenoxy) is 2. The van der Waals surface area contributed by atoms with E-state index in [4.69, 9.17) is 9.47 Å². The molecular formula is C16H20N3O5+. The smallest absolute Gasteiger partial charge is 0.285 e. The number of nitrogens with one attached hydrogen (secondary N) is 1. The van der Waals surface area contributed by atoms with Gasteiger partial charge in [-0.2, -0.15) is 0 Å². The summed E-state index contributed by atoms with van der Waals surface area (Å²) in [6.07, 6.45) is 1.26. The average Bonchev–Trinajstić information content (AvgIpc) is 2.56. The molecule has 24 heavy (non-hydrogen) atoms. The van der Waals surface area contributed by atoms with E-state index in [2.05, 4.69) is 0 Å². The largest absolute Gasteiger partial charge is 0.497 e. The molecule has 2 rings (SSSR count). The van der Waals surface area contributed by atoms with E-state index in [1.54, 1.807) is 20.3 Å². The molecule has 1 atom stereocenters. The average molecular weight is 334 g/mol. The van der Waals surface area contributed by atoms with Crippen LogP contribution < -0.4 is 19.9 Å². The lowest BCUT2D eigenvalue weighted by Gasteiger charge is -2.17. The van der Waals surface area contributed by atoms with Crippen molar-refractivity contribution in [3.63, 3.8) is 0 Å². The minimum absolute atomic E-state index is 0.107. The van der Waals surface area contributed by atoms with Gasteiger partial charge in [0, 0.05) is 23.8 Å². The fourth-order valence-electron chi connectivity index (χ4n) is 2.42. The fourth-order valence-corrected chi connectivity index (χ4v) is 2.42. The minimum atomic E-state index is -0.516. The van der Waals surface area contributed by atoms with Crippen LogP contribution in [0, 0.1) is 10.1 Å². The summed E-state index contributed by atoms with van der Waals surface area (Å²) in [5, 5.41) is 10.8. The Hall–Kier alpha value is -2.87. The van der Waals surface area contributed by atoms with Crippen molar-refractivity contribution in [2.24, 2.45) is 0 Å². The Labute approximate surface area is 139 Å². The molecule has 1 heterocycles. The number of hydrogen-bond donors (Lipinski definition) is 1. The number of methoxy groups -OCH3 is 2. The van der Waals surface area contributed by atoms with Gasteiger partial charge in [-0.15, -0.1) is 0 Å². The third-order valence-electron chi connectivity index (χ3n) is 3.61. The van der Waals surface area contributed by atoms with Crippen LogP contribution in [0.15, 0.2) is 41.3 Å². The van der Waals surface area contributed by atoms with Crippen molar-refractivity contribution >= 4 is 5.69 Å². The molecule has 1 aromatic heterocycles. The van der Waals surface area contributed by atoms with Crippen LogP contribution in [-0.4, -0.2) is 30.8 Å². The van der Waals surface area contributed by atoms with Gasteiger partial charge in [-0.3, -0.25) is 19.5 Å². The summed E-state index contributed by atoms with van der Waals surface area (Å²) in [6, 6.07) is 7.95. The van der Waals surface area contributed by atoms with E-state index in [1.807, 2.05) is 19.2 Å². The molecule has 0 spiro atoms. The van der Waals surface area contributed by atoms with Crippen molar-refractivity contribution in [3.05, 3.63) is 62.6 Å². The highest BCUT2D eigenvalue weighted by Gasteiger charge is 2.14. The van der Waals surface area contributed by atoms with Crippen LogP contribution in [0.3, 0.4) is 0 Å². The quantitative estimate of drug-likeness (QED) is 0.587. The molecule has 1 unspecified atom stereocenters. The topological polar surface area (TPSA) is 88.0 Å². The molecule has 128 valence electrons. The van der Waals surface area contributed by atoms with Crippen molar-refractivity contribution in [3.8, 4) is 11.5 Å². The van der Waals surface area contributed by atoms with E-state index in [0.29, 0.717) is 24.7 Å². The van der Waals surface area contributed by atoms with Crippen LogP contribution in [0.25, 0.3) is 0 Å². The van der Waals surface area contributed by atoms with Crippen molar-refractivity contribution in [2.45, 2.75) is 13.2 Å². The van der Waals surface area contributed by atoms with Gasteiger partial charge in [0.2, 0.25) is 0 Å². The molecule has 0 saturated heterocycles. The van der Waals surface area contributed by atoms with Gasteiger partial charge in [0.05, 0.1) is 32.4 Å². The van der Waals surface area contributed by atoms with Gasteiger partial charge in [0.15, 0.2) is 6.67 Å². The summed E-state index contributed by atoms with van der Waals surface area (Å²) in [4.78, 5) is 23.2. The van der Waals surface area contributed by atoms with Gasteiger partial charge in [0.25, 0.3) is 11.2 Å². The van der Waals surface area contributed by atoms with E-state index in [-0.39, 0.29) is 11.2 Å². The minimum Gasteiger partial charge on any atom is -0.497 e. The number of pyridine rings is 1. The molecule has 0 aliphatic rings. The molecular weight excluding hydrogens is 314 g/mol. The molecule has 0 amide bonds. The fraction of sp³-hybridized carbons (Fsp3) is 0.312. The van der Waals surface area contributed by atoms with E-state index in [1.165, 1.54) is 22.9 Å². The molecule has 1 aromatic carbocycles. The number of benzene rings is 1. The second-order valence-electron chi connectivity index (χ2n) is 5.42. The highest BCUT2D eigenvalue weighted by Crippen LogP contribution is 2.23. The highest BCUT2D eigenvalue weighted by atomic mass is 16.6. The maximum atomic E-state index is 11.9. The molecule has 2 aromatic rings. The van der Waals surface area contributed by atoms with Crippen LogP contribution in [0.1, 0.15) is 5.56 Å². The molecule has 1 N–H and O–H groups in total. The van der Waals surface area contributed by atoms with Crippen LogP contribution in [0.4, 0.5) is 5.69 Å². The molecule has 0 aliphatic carbocycles. The summed E-state index contributed by atoms with van der Waals surface area (Å²) in [5.41, 5.74) is 0.570. The maximum absolute atomic E-state index is 11.9. The van der Waals surface area contributed by atoms with Crippen LogP contribution >= 0.6 is 0 Å². The van der Waals surface area contributed by atoms with Gasteiger partial charge < -0.3 is 14.4 Å². The second-order valence-corrected chi connectivity index (χ2v) is 5.42. The lowest BCUT2D eigenvalue weighted by Crippen LogP contribution is -3.07. The van der Waals surface area contributed by atoms with E-state index >= 15 is 0 Å². The summed E-state index contributed by atoms with van der Waals surface area (Å²) in [5.74, 6) is 1.39. The summed E-state index contributed by atoms with van der Waals surface area (Å²) in [6.45, 7) is 0.887. The zero-order valence-electron chi connectivity index (χ0n) is 13.8. The number of rotatable bonds is 7. The van der Waals surface area contributed by atoms with Crippen molar-refractivity contribution < 1.29 is 19.3 Å². The van der Waals surface area contributed by atoms with E-state index < -0.39 is 4.92 Å². The summed E-state index contributed by atoms with van der Waals surface area (Å²) < 4.78 is 11.9. The van der Waals surface area contributed by atoms with Crippen LogP contribution in [0.5, 0.6) is 11.5 Å². The standard InChI is InChI=1S/C16H19N3O5/c1-17(9-12-4-6-14(23-2)8-15(12)24-3)11-18-10-13(19(21)22)5-7-16(18)20/h4-8,10H,9,11H2,1-3H3/p+1. The Morgan fingerprint density at radius 3 is 2.58 bits per heavy atom. The van der Waals surface area contributed by atoms with Crippen LogP contribution in [0.2, 0.25) is 0 Å². The predicted octanol–water partition coefficient (Wildman–Crippen LogP) is 0.446. The molecule has 0 radical (unpaired) electrons. The molecule has 8 heteroatoms. The first-order chi connectivity index (χ1) is 11.4. The summed E-state index contributed by atoms with van der Waals surface area (Å²) >= 11 is 0. The molecule has 0 aliphatic heterocycles. The number of nitro groups is 1. The predicted molar refractivity (Wildman–Crippen MR) is 87.5 cm³/mol. The molecule has 8 nitrogen and oxygen atoms in total. The number of hydrogen-bond acceptors (Lipinski definition) is 5. The van der Waals surface area contributed by atoms with Gasteiger partial charge in [-0.05, 0) is 12.1 Å². The monoisotopic (exact) mass is 334 g/mol. The lowest BCUT2D eigenvalue weighted by molar-refractivity contribution is -0.917. The highest BCUT2D eigenvalue weighted by molar-refractivity contribution is 5.40. The van der Waals surface area contributed by atoms with Gasteiger partial charge in [-0.25, -0.2) is 0 Å². The Balaban J connectivity index is 2.17. The zero-order valence-corrected chi connectivity index (χ0v) is 13.8. The Bertz CT molecular complexity index is 788. The van der Waals surface area contributed by atoms with E-state index in [0.717, 1.165) is 10.5 Å². The normalized spacial score (nSPS) is 11.8. The van der Waals surface area contributed by atoms with E-state index in [9.17, 15) is 14.9 Å². The van der Waals surface area contributed by atoms with Gasteiger partial charge >= 0.3 is 0 Å². The maximum Gasteiger partial charge on any atom is 0.285 e. The lowest BCUT2D eigenvalue weighted by atomic mass is 10.2. The second kappa shape index (κ2) is 7.60. The first-order valence-corrected chi connectivity index (χ1v) is 7.31. The first-order valence-electron chi connectivity index (χ1n) is 7.31. The van der Waals surface area contributed by atoms with Crippen molar-refractivity contribution in [1.29, 1.82) is 0 Å². The molecule has 0 bridgehead atoms. The third kappa shape index (κ3) is 4.11. The Kier molecular flexibility index (Phi) is 5.54. The van der Waals surface area contributed by atoms with Crippen molar-refractivity contribution in [1.82, 2.24) is 4.57 Å². The van der Waals surface area contributed by atoms with Gasteiger partial charge in [0.1, 0.15) is 18.0 Å². The van der Waals surface area contributed by atoms with Crippen LogP contribution in [-0.2, 0) is 13.2 Å². The molecule has 0 fully saturated rings. The SMILES string of the molecule is COc1ccc(C[NH+](C)Cn2cc([N+](=O)[O-])ccc2=O)c(OC)c1. The van der Waals surface area contributed by atoms with Gasteiger partial charge in [-0.1, -0.05) is 0 Å². The third-order valence-corrected chi connectivity index (χ3v) is 3.61. The first kappa shape index (κ1) is 17.5. The number of nitrogens with zero attached hydrogens (tertiary/aromatic N) is 2. The van der Waals surface area contributed by atoms with Crippen molar-refractivity contribution in [2.75, 3.05) is 21.3 Å². The number of quaternary nitrogens is 1.